The number of carbonyl (C=O) groups excluding carboxylic acids is 2. The Morgan fingerprint density at radius 1 is 1.04 bits per heavy atom. The number of carbonyl (C=O) groups is 2. The van der Waals surface area contributed by atoms with Gasteiger partial charge < -0.3 is 16.0 Å². The van der Waals surface area contributed by atoms with Gasteiger partial charge >= 0.3 is 0 Å². The number of hydrogen-bond acceptors (Lipinski definition) is 3. The smallest absolute Gasteiger partial charge is 0.270 e. The predicted octanol–water partition coefficient (Wildman–Crippen LogP) is 1.90. The lowest BCUT2D eigenvalue weighted by molar-refractivity contribution is -0.119. The van der Waals surface area contributed by atoms with Crippen LogP contribution < -0.4 is 11.1 Å². The monoisotopic (exact) mass is 334 g/mol. The molecule has 1 aromatic heterocycles. The van der Waals surface area contributed by atoms with E-state index in [1.54, 1.807) is 0 Å². The molecule has 3 aromatic rings. The van der Waals surface area contributed by atoms with E-state index in [0.717, 1.165) is 11.1 Å². The Kier molecular flexibility index (Phi) is 4.89. The summed E-state index contributed by atoms with van der Waals surface area (Å²) in [5.41, 5.74) is 8.01. The van der Waals surface area contributed by atoms with Gasteiger partial charge in [-0.3, -0.25) is 9.59 Å². The van der Waals surface area contributed by atoms with Crippen LogP contribution in [0.2, 0.25) is 0 Å². The number of aromatic amines is 1. The Hall–Kier alpha value is -3.41. The Morgan fingerprint density at radius 2 is 1.68 bits per heavy atom. The molecule has 4 N–H and O–H groups in total. The third kappa shape index (κ3) is 3.92. The summed E-state index contributed by atoms with van der Waals surface area (Å²) in [6.07, 6.45) is 1.78. The molecule has 6 heteroatoms. The zero-order valence-corrected chi connectivity index (χ0v) is 13.5. The van der Waals surface area contributed by atoms with Gasteiger partial charge in [0.25, 0.3) is 5.91 Å². The van der Waals surface area contributed by atoms with E-state index in [1.165, 1.54) is 6.33 Å². The van der Waals surface area contributed by atoms with Gasteiger partial charge in [-0.15, -0.1) is 0 Å². The molecule has 0 aliphatic heterocycles. The molecule has 0 radical (unpaired) electrons. The van der Waals surface area contributed by atoms with Crippen molar-refractivity contribution >= 4 is 11.8 Å². The maximum atomic E-state index is 12.6. The first-order valence-corrected chi connectivity index (χ1v) is 7.88. The zero-order chi connectivity index (χ0) is 17.6. The number of hydrogen-bond donors (Lipinski definition) is 3. The Balaban J connectivity index is 1.79. The summed E-state index contributed by atoms with van der Waals surface area (Å²) in [6, 6.07) is 17.9. The molecule has 6 nitrogen and oxygen atoms in total. The van der Waals surface area contributed by atoms with E-state index >= 15 is 0 Å². The Labute approximate surface area is 145 Å². The van der Waals surface area contributed by atoms with Crippen LogP contribution in [0.4, 0.5) is 0 Å². The van der Waals surface area contributed by atoms with Gasteiger partial charge in [-0.25, -0.2) is 4.98 Å². The van der Waals surface area contributed by atoms with Crippen molar-refractivity contribution in [2.75, 3.05) is 0 Å². The molecule has 0 saturated carbocycles. The number of nitrogens with zero attached hydrogens (tertiary/aromatic N) is 1. The lowest BCUT2D eigenvalue weighted by Gasteiger charge is -2.15. The fourth-order valence-electron chi connectivity index (χ4n) is 2.59. The maximum absolute atomic E-state index is 12.6. The van der Waals surface area contributed by atoms with Crippen molar-refractivity contribution in [3.63, 3.8) is 0 Å². The lowest BCUT2D eigenvalue weighted by atomic mass is 10.0. The van der Waals surface area contributed by atoms with E-state index in [0.29, 0.717) is 17.8 Å². The largest absolute Gasteiger partial charge is 0.368 e. The second-order valence-corrected chi connectivity index (χ2v) is 5.61. The van der Waals surface area contributed by atoms with Gasteiger partial charge in [0.15, 0.2) is 0 Å². The number of aromatic nitrogens is 2. The third-order valence-electron chi connectivity index (χ3n) is 3.85. The highest BCUT2D eigenvalue weighted by Crippen LogP contribution is 2.19. The summed E-state index contributed by atoms with van der Waals surface area (Å²) in [7, 11) is 0. The van der Waals surface area contributed by atoms with Crippen LogP contribution in [0.5, 0.6) is 0 Å². The molecule has 1 atom stereocenters. The molecule has 2 aromatic carbocycles. The highest BCUT2D eigenvalue weighted by molar-refractivity contribution is 6.00. The predicted molar refractivity (Wildman–Crippen MR) is 94.6 cm³/mol. The molecule has 0 fully saturated rings. The molecule has 0 aliphatic rings. The number of H-pyrrole nitrogens is 1. The fourth-order valence-corrected chi connectivity index (χ4v) is 2.59. The first kappa shape index (κ1) is 16.4. The summed E-state index contributed by atoms with van der Waals surface area (Å²) >= 11 is 0. The molecule has 0 unspecified atom stereocenters. The molecule has 3 rings (SSSR count). The van der Waals surface area contributed by atoms with E-state index in [9.17, 15) is 9.59 Å². The molecule has 126 valence electrons. The second kappa shape index (κ2) is 7.44. The van der Waals surface area contributed by atoms with E-state index in [-0.39, 0.29) is 0 Å². The summed E-state index contributed by atoms with van der Waals surface area (Å²) in [6.45, 7) is 0. The number of primary amides is 1. The minimum atomic E-state index is -0.804. The average Bonchev–Trinajstić information content (AvgIpc) is 3.12. The first-order chi connectivity index (χ1) is 12.1. The fraction of sp³-hybridized carbons (Fsp3) is 0.105. The van der Waals surface area contributed by atoms with Gasteiger partial charge in [-0.05, 0) is 5.56 Å². The van der Waals surface area contributed by atoms with Crippen LogP contribution in [0.25, 0.3) is 11.3 Å². The van der Waals surface area contributed by atoms with Crippen molar-refractivity contribution in [3.8, 4) is 11.3 Å². The van der Waals surface area contributed by atoms with Crippen LogP contribution in [0.15, 0.2) is 67.0 Å². The van der Waals surface area contributed by atoms with Gasteiger partial charge in [-0.2, -0.15) is 0 Å². The Morgan fingerprint density at radius 3 is 2.32 bits per heavy atom. The molecule has 1 heterocycles. The number of nitrogens with two attached hydrogens (primary N) is 1. The number of amides is 2. The van der Waals surface area contributed by atoms with Crippen LogP contribution in [-0.2, 0) is 11.2 Å². The number of benzene rings is 2. The van der Waals surface area contributed by atoms with Gasteiger partial charge in [-0.1, -0.05) is 60.7 Å². The standard InChI is InChI=1S/C19H18N4O2/c20-18(24)15(11-13-7-3-1-4-8-13)23-19(25)17-16(21-12-22-17)14-9-5-2-6-10-14/h1-10,12,15H,11H2,(H2,20,24)(H,21,22)(H,23,25)/t15-/m0/s1. The van der Waals surface area contributed by atoms with Gasteiger partial charge in [0.2, 0.25) is 5.91 Å². The first-order valence-electron chi connectivity index (χ1n) is 7.88. The molecular weight excluding hydrogens is 316 g/mol. The van der Waals surface area contributed by atoms with Gasteiger partial charge in [0.1, 0.15) is 17.4 Å². The third-order valence-corrected chi connectivity index (χ3v) is 3.85. The summed E-state index contributed by atoms with van der Waals surface area (Å²) < 4.78 is 0. The van der Waals surface area contributed by atoms with E-state index in [2.05, 4.69) is 15.3 Å². The van der Waals surface area contributed by atoms with Crippen LogP contribution >= 0.6 is 0 Å². The number of imidazole rings is 1. The van der Waals surface area contributed by atoms with Crippen LogP contribution in [0.1, 0.15) is 16.1 Å². The van der Waals surface area contributed by atoms with Crippen LogP contribution in [-0.4, -0.2) is 27.8 Å². The molecule has 0 spiro atoms. The van der Waals surface area contributed by atoms with E-state index in [1.807, 2.05) is 60.7 Å². The molecule has 25 heavy (non-hydrogen) atoms. The topological polar surface area (TPSA) is 101 Å². The summed E-state index contributed by atoms with van der Waals surface area (Å²) in [5.74, 6) is -1.01. The molecular formula is C19H18N4O2. The molecule has 0 bridgehead atoms. The van der Waals surface area contributed by atoms with Crippen LogP contribution in [0.3, 0.4) is 0 Å². The molecule has 0 saturated heterocycles. The SMILES string of the molecule is NC(=O)[C@H](Cc1ccccc1)NC(=O)c1[nH]cnc1-c1ccccc1. The van der Waals surface area contributed by atoms with Crippen molar-refractivity contribution < 1.29 is 9.59 Å². The van der Waals surface area contributed by atoms with Gasteiger partial charge in [0.05, 0.1) is 6.33 Å². The van der Waals surface area contributed by atoms with E-state index < -0.39 is 17.9 Å². The normalized spacial score (nSPS) is 11.7. The highest BCUT2D eigenvalue weighted by atomic mass is 16.2. The minimum absolute atomic E-state index is 0.297. The summed E-state index contributed by atoms with van der Waals surface area (Å²) in [5, 5.41) is 2.69. The highest BCUT2D eigenvalue weighted by Gasteiger charge is 2.22. The number of rotatable bonds is 6. The maximum Gasteiger partial charge on any atom is 0.270 e. The van der Waals surface area contributed by atoms with Crippen molar-refractivity contribution in [2.24, 2.45) is 5.73 Å². The molecule has 0 aliphatic carbocycles. The van der Waals surface area contributed by atoms with Gasteiger partial charge in [0, 0.05) is 12.0 Å². The number of nitrogens with one attached hydrogen (secondary N) is 2. The second-order valence-electron chi connectivity index (χ2n) is 5.61. The van der Waals surface area contributed by atoms with E-state index in [4.69, 9.17) is 5.73 Å². The summed E-state index contributed by atoms with van der Waals surface area (Å²) in [4.78, 5) is 31.4. The van der Waals surface area contributed by atoms with Crippen molar-refractivity contribution in [1.29, 1.82) is 0 Å². The Bertz CT molecular complexity index is 859. The minimum Gasteiger partial charge on any atom is -0.368 e. The zero-order valence-electron chi connectivity index (χ0n) is 13.5. The molecule has 2 amide bonds. The van der Waals surface area contributed by atoms with Crippen molar-refractivity contribution in [2.45, 2.75) is 12.5 Å². The van der Waals surface area contributed by atoms with Crippen molar-refractivity contribution in [1.82, 2.24) is 15.3 Å². The average molecular weight is 334 g/mol. The quantitative estimate of drug-likeness (QED) is 0.642. The van der Waals surface area contributed by atoms with Crippen molar-refractivity contribution in [3.05, 3.63) is 78.2 Å². The van der Waals surface area contributed by atoms with Crippen LogP contribution in [0, 0.1) is 0 Å². The lowest BCUT2D eigenvalue weighted by Crippen LogP contribution is -2.46.